The highest BCUT2D eigenvalue weighted by Crippen LogP contribution is 2.28. The van der Waals surface area contributed by atoms with Crippen LogP contribution in [0.25, 0.3) is 11.3 Å². The summed E-state index contributed by atoms with van der Waals surface area (Å²) in [4.78, 5) is 27.6. The van der Waals surface area contributed by atoms with Crippen LogP contribution in [0.4, 0.5) is 5.00 Å². The predicted octanol–water partition coefficient (Wildman–Crippen LogP) is 4.09. The first kappa shape index (κ1) is 18.6. The van der Waals surface area contributed by atoms with Gasteiger partial charge in [0.05, 0.1) is 18.4 Å². The van der Waals surface area contributed by atoms with E-state index in [4.69, 9.17) is 9.84 Å². The lowest BCUT2D eigenvalue weighted by Gasteiger charge is -2.08. The lowest BCUT2D eigenvalue weighted by molar-refractivity contribution is -0.116. The number of carbonyl (C=O) groups is 2. The van der Waals surface area contributed by atoms with E-state index in [0.29, 0.717) is 11.4 Å². The molecular formula is C20H18N2O4S. The van der Waals surface area contributed by atoms with Crippen LogP contribution in [-0.4, -0.2) is 29.1 Å². The van der Waals surface area contributed by atoms with Crippen molar-refractivity contribution in [1.29, 1.82) is 0 Å². The van der Waals surface area contributed by atoms with E-state index in [9.17, 15) is 9.59 Å². The molecule has 138 valence electrons. The van der Waals surface area contributed by atoms with Gasteiger partial charge in [0.15, 0.2) is 0 Å². The Balaban J connectivity index is 1.61. The monoisotopic (exact) mass is 382 g/mol. The Morgan fingerprint density at radius 1 is 1.19 bits per heavy atom. The van der Waals surface area contributed by atoms with E-state index in [-0.39, 0.29) is 17.9 Å². The number of carbonyl (C=O) groups excluding carboxylic acids is 1. The SMILES string of the molecule is COc1ccccc1-c1ccc(CCC(=O)Nc2sccc2C(=O)O)cn1. The van der Waals surface area contributed by atoms with Gasteiger partial charge in [0.2, 0.25) is 5.91 Å². The van der Waals surface area contributed by atoms with Crippen molar-refractivity contribution >= 4 is 28.2 Å². The van der Waals surface area contributed by atoms with Crippen molar-refractivity contribution in [2.75, 3.05) is 12.4 Å². The van der Waals surface area contributed by atoms with Crippen molar-refractivity contribution in [3.63, 3.8) is 0 Å². The number of nitrogens with one attached hydrogen (secondary N) is 1. The molecule has 0 aliphatic heterocycles. The van der Waals surface area contributed by atoms with Crippen molar-refractivity contribution in [2.24, 2.45) is 0 Å². The fourth-order valence-electron chi connectivity index (χ4n) is 2.61. The molecule has 7 heteroatoms. The largest absolute Gasteiger partial charge is 0.496 e. The molecule has 0 aliphatic carbocycles. The number of amides is 1. The van der Waals surface area contributed by atoms with E-state index in [1.807, 2.05) is 36.4 Å². The molecule has 27 heavy (non-hydrogen) atoms. The molecule has 0 unspecified atom stereocenters. The first-order valence-corrected chi connectivity index (χ1v) is 9.15. The van der Waals surface area contributed by atoms with Crippen molar-refractivity contribution in [3.05, 3.63) is 65.2 Å². The summed E-state index contributed by atoms with van der Waals surface area (Å²) in [5.41, 5.74) is 2.73. The van der Waals surface area contributed by atoms with Gasteiger partial charge in [0, 0.05) is 18.2 Å². The molecule has 0 fully saturated rings. The Hall–Kier alpha value is -3.19. The van der Waals surface area contributed by atoms with Crippen LogP contribution in [0.3, 0.4) is 0 Å². The molecule has 1 aromatic carbocycles. The van der Waals surface area contributed by atoms with E-state index in [2.05, 4.69) is 10.3 Å². The minimum Gasteiger partial charge on any atom is -0.496 e. The van der Waals surface area contributed by atoms with Gasteiger partial charge in [-0.05, 0) is 41.6 Å². The first-order chi connectivity index (χ1) is 13.1. The van der Waals surface area contributed by atoms with Gasteiger partial charge in [-0.15, -0.1) is 11.3 Å². The molecule has 0 aliphatic rings. The summed E-state index contributed by atoms with van der Waals surface area (Å²) in [5, 5.41) is 13.7. The summed E-state index contributed by atoms with van der Waals surface area (Å²) >= 11 is 1.19. The Morgan fingerprint density at radius 3 is 2.70 bits per heavy atom. The number of rotatable bonds is 7. The smallest absolute Gasteiger partial charge is 0.338 e. The maximum atomic E-state index is 12.1. The maximum Gasteiger partial charge on any atom is 0.338 e. The number of benzene rings is 1. The first-order valence-electron chi connectivity index (χ1n) is 8.27. The third-order valence-corrected chi connectivity index (χ3v) is 4.83. The number of aryl methyl sites for hydroxylation is 1. The third kappa shape index (κ3) is 4.51. The number of hydrogen-bond donors (Lipinski definition) is 2. The van der Waals surface area contributed by atoms with Gasteiger partial charge >= 0.3 is 5.97 Å². The zero-order valence-electron chi connectivity index (χ0n) is 14.6. The summed E-state index contributed by atoms with van der Waals surface area (Å²) in [5.74, 6) is -0.529. The second-order valence-corrected chi connectivity index (χ2v) is 6.68. The molecular weight excluding hydrogens is 364 g/mol. The number of nitrogens with zero attached hydrogens (tertiary/aromatic N) is 1. The minimum absolute atomic E-state index is 0.108. The number of pyridine rings is 1. The molecule has 6 nitrogen and oxygen atoms in total. The summed E-state index contributed by atoms with van der Waals surface area (Å²) < 4.78 is 5.35. The lowest BCUT2D eigenvalue weighted by Crippen LogP contribution is -2.13. The van der Waals surface area contributed by atoms with E-state index in [1.54, 1.807) is 18.7 Å². The van der Waals surface area contributed by atoms with Gasteiger partial charge in [-0.1, -0.05) is 18.2 Å². The summed E-state index contributed by atoms with van der Waals surface area (Å²) in [6.45, 7) is 0. The number of carboxylic acid groups (broad SMARTS) is 1. The topological polar surface area (TPSA) is 88.5 Å². The minimum atomic E-state index is -1.05. The summed E-state index contributed by atoms with van der Waals surface area (Å²) in [7, 11) is 1.62. The molecule has 0 bridgehead atoms. The van der Waals surface area contributed by atoms with Gasteiger partial charge in [0.25, 0.3) is 0 Å². The van der Waals surface area contributed by atoms with Crippen LogP contribution in [0.5, 0.6) is 5.75 Å². The van der Waals surface area contributed by atoms with Crippen LogP contribution < -0.4 is 10.1 Å². The van der Waals surface area contributed by atoms with Gasteiger partial charge in [-0.25, -0.2) is 4.79 Å². The quantitative estimate of drug-likeness (QED) is 0.643. The highest BCUT2D eigenvalue weighted by atomic mass is 32.1. The molecule has 0 atom stereocenters. The van der Waals surface area contributed by atoms with E-state index >= 15 is 0 Å². The van der Waals surface area contributed by atoms with Crippen molar-refractivity contribution in [2.45, 2.75) is 12.8 Å². The highest BCUT2D eigenvalue weighted by molar-refractivity contribution is 7.14. The third-order valence-electron chi connectivity index (χ3n) is 4.00. The number of anilines is 1. The number of ether oxygens (including phenoxy) is 1. The molecule has 0 radical (unpaired) electrons. The lowest BCUT2D eigenvalue weighted by atomic mass is 10.1. The van der Waals surface area contributed by atoms with Crippen LogP contribution in [0, 0.1) is 0 Å². The van der Waals surface area contributed by atoms with E-state index < -0.39 is 5.97 Å². The highest BCUT2D eigenvalue weighted by Gasteiger charge is 2.14. The standard InChI is InChI=1S/C20H18N2O4S/c1-26-17-5-3-2-4-14(17)16-8-6-13(12-21-16)7-9-18(23)22-19-15(20(24)25)10-11-27-19/h2-6,8,10-12H,7,9H2,1H3,(H,22,23)(H,24,25). The second-order valence-electron chi connectivity index (χ2n) is 5.77. The normalized spacial score (nSPS) is 10.4. The number of methoxy groups -OCH3 is 1. The molecule has 0 spiro atoms. The van der Waals surface area contributed by atoms with E-state index in [0.717, 1.165) is 22.6 Å². The number of carboxylic acids is 1. The molecule has 3 rings (SSSR count). The maximum absolute atomic E-state index is 12.1. The van der Waals surface area contributed by atoms with Gasteiger partial charge < -0.3 is 15.2 Å². The van der Waals surface area contributed by atoms with E-state index in [1.165, 1.54) is 17.4 Å². The Labute approximate surface area is 160 Å². The van der Waals surface area contributed by atoms with Crippen LogP contribution in [0.1, 0.15) is 22.3 Å². The second kappa shape index (κ2) is 8.46. The Bertz CT molecular complexity index is 951. The Morgan fingerprint density at radius 2 is 2.00 bits per heavy atom. The molecule has 0 saturated carbocycles. The van der Waals surface area contributed by atoms with Gasteiger partial charge in [0.1, 0.15) is 10.8 Å². The van der Waals surface area contributed by atoms with Crippen LogP contribution >= 0.6 is 11.3 Å². The average Bonchev–Trinajstić information content (AvgIpc) is 3.15. The Kier molecular flexibility index (Phi) is 5.83. The zero-order chi connectivity index (χ0) is 19.2. The number of hydrogen-bond acceptors (Lipinski definition) is 5. The fraction of sp³-hybridized carbons (Fsp3) is 0.150. The number of para-hydroxylation sites is 1. The molecule has 1 amide bonds. The number of aromatic carboxylic acids is 1. The zero-order valence-corrected chi connectivity index (χ0v) is 15.5. The molecule has 0 saturated heterocycles. The number of aromatic nitrogens is 1. The van der Waals surface area contributed by atoms with Crippen LogP contribution in [-0.2, 0) is 11.2 Å². The molecule has 3 aromatic rings. The van der Waals surface area contributed by atoms with Crippen LogP contribution in [0.15, 0.2) is 54.0 Å². The van der Waals surface area contributed by atoms with Crippen molar-refractivity contribution < 1.29 is 19.4 Å². The summed E-state index contributed by atoms with van der Waals surface area (Å²) in [6.07, 6.45) is 2.49. The van der Waals surface area contributed by atoms with Crippen molar-refractivity contribution in [1.82, 2.24) is 4.98 Å². The van der Waals surface area contributed by atoms with Crippen molar-refractivity contribution in [3.8, 4) is 17.0 Å². The predicted molar refractivity (Wildman–Crippen MR) is 104 cm³/mol. The molecule has 2 aromatic heterocycles. The van der Waals surface area contributed by atoms with Gasteiger partial charge in [-0.3, -0.25) is 9.78 Å². The average molecular weight is 382 g/mol. The number of thiophene rings is 1. The molecule has 2 heterocycles. The summed E-state index contributed by atoms with van der Waals surface area (Å²) in [6, 6.07) is 12.9. The molecule has 2 N–H and O–H groups in total. The van der Waals surface area contributed by atoms with Gasteiger partial charge in [-0.2, -0.15) is 0 Å². The van der Waals surface area contributed by atoms with Crippen LogP contribution in [0.2, 0.25) is 0 Å². The fourth-order valence-corrected chi connectivity index (χ4v) is 3.40.